The summed E-state index contributed by atoms with van der Waals surface area (Å²) in [5.41, 5.74) is 3.71. The van der Waals surface area contributed by atoms with Crippen molar-refractivity contribution in [2.24, 2.45) is 7.05 Å². The highest BCUT2D eigenvalue weighted by Crippen LogP contribution is 2.31. The van der Waals surface area contributed by atoms with Crippen molar-refractivity contribution in [3.8, 4) is 0 Å². The molecule has 0 unspecified atom stereocenters. The number of aromatic nitrogens is 4. The number of fused-ring (bicyclic) bond motifs is 1. The second-order valence-corrected chi connectivity index (χ2v) is 6.98. The number of rotatable bonds is 3. The third-order valence-electron chi connectivity index (χ3n) is 5.16. The Hall–Kier alpha value is -1.75. The molecule has 1 aliphatic carbocycles. The Morgan fingerprint density at radius 2 is 2.09 bits per heavy atom. The van der Waals surface area contributed by atoms with E-state index in [1.165, 1.54) is 43.4 Å². The van der Waals surface area contributed by atoms with Crippen LogP contribution in [0.5, 0.6) is 0 Å². The second-order valence-electron chi connectivity index (χ2n) is 6.98. The van der Waals surface area contributed by atoms with Crippen molar-refractivity contribution in [1.29, 1.82) is 0 Å². The Bertz CT molecular complexity index is 672. The molecule has 1 aliphatic heterocycles. The quantitative estimate of drug-likeness (QED) is 0.874. The summed E-state index contributed by atoms with van der Waals surface area (Å²) in [5.74, 6) is 1.70. The van der Waals surface area contributed by atoms with E-state index in [1.807, 2.05) is 17.9 Å². The molecule has 0 bridgehead atoms. The lowest BCUT2D eigenvalue weighted by atomic mass is 9.88. The molecular formula is C18H25N5. The van der Waals surface area contributed by atoms with Gasteiger partial charge in [0.25, 0.3) is 0 Å². The van der Waals surface area contributed by atoms with Crippen LogP contribution in [0.2, 0.25) is 0 Å². The van der Waals surface area contributed by atoms with Gasteiger partial charge in [0.1, 0.15) is 5.82 Å². The highest BCUT2D eigenvalue weighted by molar-refractivity contribution is 5.22. The topological polar surface area (TPSA) is 46.8 Å². The predicted molar refractivity (Wildman–Crippen MR) is 88.9 cm³/mol. The highest BCUT2D eigenvalue weighted by Gasteiger charge is 2.22. The Morgan fingerprint density at radius 1 is 1.22 bits per heavy atom. The van der Waals surface area contributed by atoms with Crippen molar-refractivity contribution in [3.63, 3.8) is 0 Å². The first-order chi connectivity index (χ1) is 11.3. The minimum Gasteiger partial charge on any atom is -0.293 e. The van der Waals surface area contributed by atoms with Crippen molar-refractivity contribution in [2.75, 3.05) is 6.54 Å². The van der Waals surface area contributed by atoms with Crippen LogP contribution in [-0.2, 0) is 26.6 Å². The van der Waals surface area contributed by atoms with Crippen LogP contribution in [-0.4, -0.2) is 31.2 Å². The SMILES string of the molecule is Cn1ccc(CN2CCc3nc(C4CCCCC4)ncc3C2)n1. The van der Waals surface area contributed by atoms with Crippen LogP contribution in [0.25, 0.3) is 0 Å². The fourth-order valence-corrected chi connectivity index (χ4v) is 3.86. The molecule has 23 heavy (non-hydrogen) atoms. The van der Waals surface area contributed by atoms with Crippen LogP contribution >= 0.6 is 0 Å². The van der Waals surface area contributed by atoms with E-state index in [0.29, 0.717) is 5.92 Å². The zero-order chi connectivity index (χ0) is 15.6. The van der Waals surface area contributed by atoms with Crippen LogP contribution in [0.1, 0.15) is 60.8 Å². The molecule has 2 aromatic heterocycles. The lowest BCUT2D eigenvalue weighted by Gasteiger charge is -2.28. The molecule has 2 aliphatic rings. The predicted octanol–water partition coefficient (Wildman–Crippen LogP) is 2.82. The van der Waals surface area contributed by atoms with Crippen LogP contribution in [0.3, 0.4) is 0 Å². The lowest BCUT2D eigenvalue weighted by molar-refractivity contribution is 0.238. The zero-order valence-corrected chi connectivity index (χ0v) is 13.9. The van der Waals surface area contributed by atoms with Gasteiger partial charge in [0.05, 0.1) is 5.69 Å². The summed E-state index contributed by atoms with van der Waals surface area (Å²) < 4.78 is 1.87. The van der Waals surface area contributed by atoms with E-state index in [4.69, 9.17) is 9.97 Å². The molecular weight excluding hydrogens is 286 g/mol. The van der Waals surface area contributed by atoms with Gasteiger partial charge in [-0.25, -0.2) is 9.97 Å². The fraction of sp³-hybridized carbons (Fsp3) is 0.611. The summed E-state index contributed by atoms with van der Waals surface area (Å²) in [6.07, 6.45) is 11.7. The van der Waals surface area contributed by atoms with Gasteiger partial charge >= 0.3 is 0 Å². The van der Waals surface area contributed by atoms with Crippen LogP contribution < -0.4 is 0 Å². The standard InChI is InChI=1S/C18H25N5/c1-22-9-7-16(21-22)13-23-10-8-17-15(12-23)11-19-18(20-17)14-5-3-2-4-6-14/h7,9,11,14H,2-6,8,10,12-13H2,1H3. The molecule has 0 radical (unpaired) electrons. The summed E-state index contributed by atoms with van der Waals surface area (Å²) >= 11 is 0. The van der Waals surface area contributed by atoms with E-state index in [9.17, 15) is 0 Å². The van der Waals surface area contributed by atoms with Crippen molar-refractivity contribution in [1.82, 2.24) is 24.6 Å². The van der Waals surface area contributed by atoms with Gasteiger partial charge in [0, 0.05) is 62.7 Å². The maximum absolute atomic E-state index is 4.93. The Kier molecular flexibility index (Phi) is 4.12. The molecule has 2 aromatic rings. The molecule has 0 N–H and O–H groups in total. The molecule has 1 fully saturated rings. The minimum atomic E-state index is 0.598. The largest absolute Gasteiger partial charge is 0.293 e. The smallest absolute Gasteiger partial charge is 0.131 e. The monoisotopic (exact) mass is 311 g/mol. The van der Waals surface area contributed by atoms with E-state index < -0.39 is 0 Å². The molecule has 3 heterocycles. The van der Waals surface area contributed by atoms with Gasteiger partial charge in [-0.1, -0.05) is 19.3 Å². The normalized spacial score (nSPS) is 19.7. The number of hydrogen-bond acceptors (Lipinski definition) is 4. The fourth-order valence-electron chi connectivity index (χ4n) is 3.86. The molecule has 4 rings (SSSR count). The Morgan fingerprint density at radius 3 is 2.87 bits per heavy atom. The maximum atomic E-state index is 4.93. The lowest BCUT2D eigenvalue weighted by Crippen LogP contribution is -2.31. The van der Waals surface area contributed by atoms with E-state index in [0.717, 1.165) is 37.6 Å². The minimum absolute atomic E-state index is 0.598. The number of hydrogen-bond donors (Lipinski definition) is 0. The maximum Gasteiger partial charge on any atom is 0.131 e. The van der Waals surface area contributed by atoms with E-state index >= 15 is 0 Å². The van der Waals surface area contributed by atoms with Gasteiger partial charge in [0.2, 0.25) is 0 Å². The second kappa shape index (κ2) is 6.40. The Labute approximate surface area is 137 Å². The summed E-state index contributed by atoms with van der Waals surface area (Å²) in [6, 6.07) is 2.10. The Balaban J connectivity index is 1.45. The average molecular weight is 311 g/mol. The van der Waals surface area contributed by atoms with Gasteiger partial charge in [-0.05, 0) is 18.9 Å². The van der Waals surface area contributed by atoms with Gasteiger partial charge in [-0.3, -0.25) is 9.58 Å². The summed E-state index contributed by atoms with van der Waals surface area (Å²) in [4.78, 5) is 12.1. The first-order valence-corrected chi connectivity index (χ1v) is 8.83. The molecule has 0 atom stereocenters. The van der Waals surface area contributed by atoms with Crippen molar-refractivity contribution < 1.29 is 0 Å². The number of nitrogens with zero attached hydrogens (tertiary/aromatic N) is 5. The van der Waals surface area contributed by atoms with Gasteiger partial charge in [-0.15, -0.1) is 0 Å². The van der Waals surface area contributed by atoms with E-state index in [1.54, 1.807) is 0 Å². The summed E-state index contributed by atoms with van der Waals surface area (Å²) in [5, 5.41) is 4.48. The zero-order valence-electron chi connectivity index (χ0n) is 13.9. The molecule has 5 heteroatoms. The van der Waals surface area contributed by atoms with Crippen molar-refractivity contribution in [3.05, 3.63) is 41.2 Å². The van der Waals surface area contributed by atoms with Crippen LogP contribution in [0.15, 0.2) is 18.5 Å². The van der Waals surface area contributed by atoms with Crippen molar-refractivity contribution >= 4 is 0 Å². The van der Waals surface area contributed by atoms with Gasteiger partial charge in [0.15, 0.2) is 0 Å². The molecule has 0 spiro atoms. The highest BCUT2D eigenvalue weighted by atomic mass is 15.3. The average Bonchev–Trinajstić information content (AvgIpc) is 3.00. The molecule has 5 nitrogen and oxygen atoms in total. The van der Waals surface area contributed by atoms with Crippen LogP contribution in [0, 0.1) is 0 Å². The van der Waals surface area contributed by atoms with E-state index in [2.05, 4.69) is 22.3 Å². The summed E-state index contributed by atoms with van der Waals surface area (Å²) in [6.45, 7) is 2.91. The third-order valence-corrected chi connectivity index (χ3v) is 5.16. The molecule has 0 aromatic carbocycles. The molecule has 0 amide bonds. The first-order valence-electron chi connectivity index (χ1n) is 8.83. The first kappa shape index (κ1) is 14.8. The van der Waals surface area contributed by atoms with Gasteiger partial charge in [-0.2, -0.15) is 5.10 Å². The van der Waals surface area contributed by atoms with Crippen LogP contribution in [0.4, 0.5) is 0 Å². The third kappa shape index (κ3) is 3.29. The van der Waals surface area contributed by atoms with E-state index in [-0.39, 0.29) is 0 Å². The van der Waals surface area contributed by atoms with Gasteiger partial charge < -0.3 is 0 Å². The number of aryl methyl sites for hydroxylation is 1. The molecule has 122 valence electrons. The molecule has 1 saturated carbocycles. The summed E-state index contributed by atoms with van der Waals surface area (Å²) in [7, 11) is 1.97. The molecule has 0 saturated heterocycles. The van der Waals surface area contributed by atoms with Crippen molar-refractivity contribution in [2.45, 2.75) is 57.5 Å².